The molecular weight excluding hydrogens is 413 g/mol. The van der Waals surface area contributed by atoms with E-state index in [0.717, 1.165) is 6.07 Å². The minimum absolute atomic E-state index is 0.0171. The summed E-state index contributed by atoms with van der Waals surface area (Å²) in [5.74, 6) is -1.51. The molecule has 0 aliphatic heterocycles. The normalized spacial score (nSPS) is 10.8. The molecule has 2 aromatic carbocycles. The minimum Gasteiger partial charge on any atom is -0.493 e. The van der Waals surface area contributed by atoms with Crippen molar-refractivity contribution < 1.29 is 23.6 Å². The zero-order chi connectivity index (χ0) is 22.5. The van der Waals surface area contributed by atoms with Crippen molar-refractivity contribution in [1.82, 2.24) is 9.97 Å². The Hall–Kier alpha value is -4.54. The van der Waals surface area contributed by atoms with E-state index >= 15 is 0 Å². The highest BCUT2D eigenvalue weighted by atomic mass is 19.1. The van der Waals surface area contributed by atoms with E-state index in [-0.39, 0.29) is 22.8 Å². The van der Waals surface area contributed by atoms with Crippen LogP contribution in [-0.2, 0) is 0 Å². The molecule has 0 unspecified atom stereocenters. The van der Waals surface area contributed by atoms with E-state index in [0.29, 0.717) is 5.56 Å². The van der Waals surface area contributed by atoms with Gasteiger partial charge in [0.2, 0.25) is 0 Å². The monoisotopic (exact) mass is 427 g/mol. The maximum absolute atomic E-state index is 13.8. The molecule has 0 spiro atoms. The number of hydrogen-bond donors (Lipinski definition) is 2. The third kappa shape index (κ3) is 4.72. The summed E-state index contributed by atoms with van der Waals surface area (Å²) in [6.07, 6.45) is 2.55. The highest BCUT2D eigenvalue weighted by Gasteiger charge is 2.19. The van der Waals surface area contributed by atoms with Crippen LogP contribution in [-0.4, -0.2) is 28.0 Å². The highest BCUT2D eigenvalue weighted by Crippen LogP contribution is 2.30. The highest BCUT2D eigenvalue weighted by molar-refractivity contribution is 5.91. The lowest BCUT2D eigenvalue weighted by Gasteiger charge is -2.10. The predicted octanol–water partition coefficient (Wildman–Crippen LogP) is 2.51. The summed E-state index contributed by atoms with van der Waals surface area (Å²) in [6, 6.07) is 9.63. The molecule has 0 bridgehead atoms. The van der Waals surface area contributed by atoms with Gasteiger partial charge in [-0.25, -0.2) is 14.0 Å². The smallest absolute Gasteiger partial charge is 0.357 e. The number of ether oxygens (including phenoxy) is 2. The summed E-state index contributed by atoms with van der Waals surface area (Å²) in [6.45, 7) is 0. The molecule has 0 atom stereocenters. The Morgan fingerprint density at radius 3 is 2.52 bits per heavy atom. The van der Waals surface area contributed by atoms with Gasteiger partial charge in [-0.1, -0.05) is 24.3 Å². The number of methoxy groups -OCH3 is 1. The number of nitrogens with one attached hydrogen (secondary N) is 2. The first-order chi connectivity index (χ1) is 14.8. The first-order valence-corrected chi connectivity index (χ1v) is 8.64. The van der Waals surface area contributed by atoms with Crippen LogP contribution in [0.25, 0.3) is 12.2 Å². The molecule has 0 saturated carbocycles. The quantitative estimate of drug-likeness (QED) is 0.266. The maximum Gasteiger partial charge on any atom is 0.357 e. The average molecular weight is 427 g/mol. The number of nitro groups is 1. The number of rotatable bonds is 6. The molecular formula is C20H14FN3O7. The van der Waals surface area contributed by atoms with E-state index in [9.17, 15) is 28.9 Å². The second-order valence-electron chi connectivity index (χ2n) is 6.04. The lowest BCUT2D eigenvalue weighted by molar-refractivity contribution is -0.386. The molecule has 0 aliphatic carbocycles. The average Bonchev–Trinajstić information content (AvgIpc) is 2.72. The number of aromatic amines is 2. The number of carbonyl (C=O) groups is 1. The van der Waals surface area contributed by atoms with Crippen LogP contribution < -0.4 is 20.7 Å². The standard InChI is InChI=1S/C20H14FN3O7/c1-30-16-10-11(6-8-14-17(24(28)29)18(25)23-20(27)22-14)7-9-15(16)31-19(26)12-4-2-3-5-13(12)21/h2-10H,1H3,(H2,22,23,25,27). The van der Waals surface area contributed by atoms with Gasteiger partial charge in [0.25, 0.3) is 0 Å². The fourth-order valence-electron chi connectivity index (χ4n) is 2.63. The summed E-state index contributed by atoms with van der Waals surface area (Å²) >= 11 is 0. The van der Waals surface area contributed by atoms with Crippen molar-refractivity contribution >= 4 is 23.8 Å². The Labute approximate surface area is 172 Å². The van der Waals surface area contributed by atoms with Gasteiger partial charge in [-0.2, -0.15) is 0 Å². The number of halogens is 1. The maximum atomic E-state index is 13.8. The van der Waals surface area contributed by atoms with E-state index in [1.54, 1.807) is 4.98 Å². The van der Waals surface area contributed by atoms with Crippen molar-refractivity contribution in [2.45, 2.75) is 0 Å². The molecule has 0 fully saturated rings. The zero-order valence-corrected chi connectivity index (χ0v) is 15.9. The van der Waals surface area contributed by atoms with Crippen LogP contribution in [0.5, 0.6) is 11.5 Å². The molecule has 3 rings (SSSR count). The molecule has 1 aromatic heterocycles. The van der Waals surface area contributed by atoms with Crippen molar-refractivity contribution in [3.8, 4) is 11.5 Å². The Balaban J connectivity index is 1.90. The molecule has 11 heteroatoms. The van der Waals surface area contributed by atoms with Gasteiger partial charge < -0.3 is 14.5 Å². The largest absolute Gasteiger partial charge is 0.493 e. The van der Waals surface area contributed by atoms with Gasteiger partial charge in [0.1, 0.15) is 11.5 Å². The second kappa shape index (κ2) is 8.86. The van der Waals surface area contributed by atoms with Gasteiger partial charge in [0.05, 0.1) is 17.6 Å². The molecule has 1 heterocycles. The minimum atomic E-state index is -1.14. The number of benzene rings is 2. The topological polar surface area (TPSA) is 144 Å². The van der Waals surface area contributed by atoms with E-state index in [4.69, 9.17) is 9.47 Å². The molecule has 3 aromatic rings. The molecule has 31 heavy (non-hydrogen) atoms. The third-order valence-corrected chi connectivity index (χ3v) is 4.05. The number of nitrogens with zero attached hydrogens (tertiary/aromatic N) is 1. The summed E-state index contributed by atoms with van der Waals surface area (Å²) < 4.78 is 24.1. The van der Waals surface area contributed by atoms with Crippen LogP contribution in [0.15, 0.2) is 52.1 Å². The molecule has 158 valence electrons. The number of hydrogen-bond acceptors (Lipinski definition) is 7. The zero-order valence-electron chi connectivity index (χ0n) is 15.9. The number of esters is 1. The van der Waals surface area contributed by atoms with Gasteiger partial charge in [-0.05, 0) is 35.9 Å². The van der Waals surface area contributed by atoms with Crippen LogP contribution in [0.3, 0.4) is 0 Å². The molecule has 0 radical (unpaired) electrons. The van der Waals surface area contributed by atoms with Crippen LogP contribution in [0.1, 0.15) is 21.6 Å². The van der Waals surface area contributed by atoms with Gasteiger partial charge in [0.15, 0.2) is 11.5 Å². The SMILES string of the molecule is COc1cc(C=Cc2[nH]c(=O)[nH]c(=O)c2[N+](=O)[O-])ccc1OC(=O)c1ccccc1F. The van der Waals surface area contributed by atoms with E-state index in [1.807, 2.05) is 0 Å². The number of carbonyl (C=O) groups excluding carboxylic acids is 1. The van der Waals surface area contributed by atoms with Crippen molar-refractivity contribution in [3.63, 3.8) is 0 Å². The Morgan fingerprint density at radius 2 is 1.84 bits per heavy atom. The Bertz CT molecular complexity index is 1310. The molecule has 0 aliphatic rings. The Kier molecular flexibility index (Phi) is 6.05. The summed E-state index contributed by atoms with van der Waals surface area (Å²) in [5.41, 5.74) is -2.97. The third-order valence-electron chi connectivity index (χ3n) is 4.05. The summed E-state index contributed by atoms with van der Waals surface area (Å²) in [5, 5.41) is 11.1. The van der Waals surface area contributed by atoms with Gasteiger partial charge in [-0.15, -0.1) is 0 Å². The van der Waals surface area contributed by atoms with Crippen molar-refractivity contribution in [2.24, 2.45) is 0 Å². The van der Waals surface area contributed by atoms with Gasteiger partial charge in [0, 0.05) is 0 Å². The van der Waals surface area contributed by atoms with E-state index < -0.39 is 33.6 Å². The first-order valence-electron chi connectivity index (χ1n) is 8.64. The van der Waals surface area contributed by atoms with Gasteiger partial charge >= 0.3 is 22.9 Å². The van der Waals surface area contributed by atoms with Crippen molar-refractivity contribution in [1.29, 1.82) is 0 Å². The second-order valence-corrected chi connectivity index (χ2v) is 6.04. The summed E-state index contributed by atoms with van der Waals surface area (Å²) in [4.78, 5) is 49.4. The number of aromatic nitrogens is 2. The molecule has 10 nitrogen and oxygen atoms in total. The van der Waals surface area contributed by atoms with Gasteiger partial charge in [-0.3, -0.25) is 19.9 Å². The van der Waals surface area contributed by atoms with E-state index in [1.165, 1.54) is 55.7 Å². The molecule has 0 saturated heterocycles. The lowest BCUT2D eigenvalue weighted by atomic mass is 10.1. The number of H-pyrrole nitrogens is 2. The first kappa shape index (κ1) is 21.2. The fraction of sp³-hybridized carbons (Fsp3) is 0.0500. The molecule has 0 amide bonds. The lowest BCUT2D eigenvalue weighted by Crippen LogP contribution is -2.25. The summed E-state index contributed by atoms with van der Waals surface area (Å²) in [7, 11) is 1.32. The Morgan fingerprint density at radius 1 is 1.10 bits per heavy atom. The van der Waals surface area contributed by atoms with Crippen LogP contribution in [0.4, 0.5) is 10.1 Å². The van der Waals surface area contributed by atoms with Crippen LogP contribution >= 0.6 is 0 Å². The van der Waals surface area contributed by atoms with Crippen molar-refractivity contribution in [2.75, 3.05) is 7.11 Å². The predicted molar refractivity (Wildman–Crippen MR) is 108 cm³/mol. The van der Waals surface area contributed by atoms with Crippen molar-refractivity contribution in [3.05, 3.63) is 96.1 Å². The van der Waals surface area contributed by atoms with E-state index in [2.05, 4.69) is 4.98 Å². The molecule has 2 N–H and O–H groups in total. The fourth-order valence-corrected chi connectivity index (χ4v) is 2.63. The van der Waals surface area contributed by atoms with Crippen LogP contribution in [0, 0.1) is 15.9 Å². The van der Waals surface area contributed by atoms with Crippen LogP contribution in [0.2, 0.25) is 0 Å².